The Hall–Kier alpha value is -4.55. The second-order valence-electron chi connectivity index (χ2n) is 10.1. The highest BCUT2D eigenvalue weighted by atomic mass is 19.1. The maximum absolute atomic E-state index is 15.0. The van der Waals surface area contributed by atoms with Gasteiger partial charge in [-0.15, -0.1) is 0 Å². The number of carbonyl (C=O) groups excluding carboxylic acids is 3. The molecule has 4 amide bonds. The average molecular weight is 549 g/mol. The molecule has 11 nitrogen and oxygen atoms in total. The van der Waals surface area contributed by atoms with Gasteiger partial charge in [-0.25, -0.2) is 14.2 Å². The van der Waals surface area contributed by atoms with Crippen molar-refractivity contribution in [3.05, 3.63) is 71.6 Å². The summed E-state index contributed by atoms with van der Waals surface area (Å²) < 4.78 is 18.8. The van der Waals surface area contributed by atoms with Gasteiger partial charge < -0.3 is 25.3 Å². The first-order valence-electron chi connectivity index (χ1n) is 12.9. The van der Waals surface area contributed by atoms with E-state index < -0.39 is 17.6 Å². The molecule has 0 aliphatic carbocycles. The van der Waals surface area contributed by atoms with Crippen LogP contribution in [0.25, 0.3) is 27.7 Å². The molecule has 1 fully saturated rings. The van der Waals surface area contributed by atoms with E-state index in [9.17, 15) is 14.4 Å². The predicted octanol–water partition coefficient (Wildman–Crippen LogP) is 1.77. The second-order valence-corrected chi connectivity index (χ2v) is 10.1. The van der Waals surface area contributed by atoms with Crippen molar-refractivity contribution in [2.24, 2.45) is 0 Å². The summed E-state index contributed by atoms with van der Waals surface area (Å²) in [5, 5.41) is 2.96. The Morgan fingerprint density at radius 1 is 0.925 bits per heavy atom. The SMILES string of the molecule is O.O.O=C1NC(=O)C(c2cnc3ccccn23)=C1c1cn2c3c(cc(F)cc13)CN(C(=O)N1CCCCC1)CC2. The number of rotatable bonds is 2. The number of amides is 4. The Morgan fingerprint density at radius 3 is 2.50 bits per heavy atom. The van der Waals surface area contributed by atoms with Crippen LogP contribution in [0.1, 0.15) is 36.1 Å². The zero-order chi connectivity index (χ0) is 26.0. The standard InChI is InChI=1S/C28H25FN6O3.2H2O/c29-18-12-17-15-34(28(38)32-7-3-1-4-8-32)11-10-33-16-20(19(13-18)25(17)33)23-24(27(37)31-26(23)36)21-14-30-22-6-2-5-9-35(21)22;;/h2,5-6,9,12-14,16H,1,3-4,7-8,10-11,15H2,(H,31,36,37);2*1H2. The van der Waals surface area contributed by atoms with E-state index in [2.05, 4.69) is 10.3 Å². The highest BCUT2D eigenvalue weighted by Crippen LogP contribution is 2.38. The summed E-state index contributed by atoms with van der Waals surface area (Å²) in [6.45, 7) is 2.71. The summed E-state index contributed by atoms with van der Waals surface area (Å²) >= 11 is 0. The fraction of sp³-hybridized carbons (Fsp3) is 0.286. The largest absolute Gasteiger partial charge is 0.412 e. The number of nitrogens with zero attached hydrogens (tertiary/aromatic N) is 5. The quantitative estimate of drug-likeness (QED) is 0.379. The molecule has 6 heterocycles. The molecule has 40 heavy (non-hydrogen) atoms. The van der Waals surface area contributed by atoms with Crippen LogP contribution in [-0.2, 0) is 22.7 Å². The van der Waals surface area contributed by atoms with Crippen LogP contribution in [0.4, 0.5) is 9.18 Å². The van der Waals surface area contributed by atoms with Gasteiger partial charge in [0.25, 0.3) is 11.8 Å². The molecule has 12 heteroatoms. The van der Waals surface area contributed by atoms with Crippen molar-refractivity contribution in [3.8, 4) is 0 Å². The summed E-state index contributed by atoms with van der Waals surface area (Å²) in [6, 6.07) is 8.33. The fourth-order valence-corrected chi connectivity index (χ4v) is 6.02. The van der Waals surface area contributed by atoms with Crippen molar-refractivity contribution in [3.63, 3.8) is 0 Å². The summed E-state index contributed by atoms with van der Waals surface area (Å²) in [5.74, 6) is -1.50. The third kappa shape index (κ3) is 4.12. The Labute approximate surface area is 228 Å². The van der Waals surface area contributed by atoms with Crippen molar-refractivity contribution in [2.45, 2.75) is 32.4 Å². The summed E-state index contributed by atoms with van der Waals surface area (Å²) in [6.07, 6.45) is 8.29. The fourth-order valence-electron chi connectivity index (χ4n) is 6.02. The number of nitrogens with one attached hydrogen (secondary N) is 1. The molecule has 7 rings (SSSR count). The van der Waals surface area contributed by atoms with E-state index in [1.54, 1.807) is 27.9 Å². The van der Waals surface area contributed by atoms with Crippen LogP contribution in [0.15, 0.2) is 48.9 Å². The first-order valence-corrected chi connectivity index (χ1v) is 12.9. The zero-order valence-electron chi connectivity index (χ0n) is 21.6. The van der Waals surface area contributed by atoms with E-state index in [4.69, 9.17) is 0 Å². The molecule has 1 aromatic carbocycles. The molecule has 0 atom stereocenters. The molecule has 3 aliphatic rings. The molecule has 0 unspecified atom stereocenters. The van der Waals surface area contributed by atoms with Crippen LogP contribution >= 0.6 is 0 Å². The van der Waals surface area contributed by atoms with E-state index in [-0.39, 0.29) is 34.7 Å². The number of hydrogen-bond donors (Lipinski definition) is 1. The predicted molar refractivity (Wildman–Crippen MR) is 146 cm³/mol. The van der Waals surface area contributed by atoms with Crippen LogP contribution in [0.3, 0.4) is 0 Å². The first kappa shape index (κ1) is 27.0. The molecular weight excluding hydrogens is 519 g/mol. The molecule has 3 aliphatic heterocycles. The molecule has 0 radical (unpaired) electrons. The Bertz CT molecular complexity index is 1700. The second kappa shape index (κ2) is 10.2. The monoisotopic (exact) mass is 548 g/mol. The third-order valence-electron chi connectivity index (χ3n) is 7.76. The Kier molecular flexibility index (Phi) is 6.90. The van der Waals surface area contributed by atoms with Crippen LogP contribution < -0.4 is 5.32 Å². The zero-order valence-corrected chi connectivity index (χ0v) is 21.6. The van der Waals surface area contributed by atoms with E-state index in [1.165, 1.54) is 12.1 Å². The van der Waals surface area contributed by atoms with E-state index >= 15 is 4.39 Å². The van der Waals surface area contributed by atoms with Crippen LogP contribution in [0.2, 0.25) is 0 Å². The maximum atomic E-state index is 15.0. The van der Waals surface area contributed by atoms with Gasteiger partial charge in [0, 0.05) is 56.1 Å². The molecule has 5 N–H and O–H groups in total. The average Bonchev–Trinajstić information content (AvgIpc) is 3.54. The molecule has 4 aromatic rings. The van der Waals surface area contributed by atoms with Gasteiger partial charge in [-0.1, -0.05) is 6.07 Å². The van der Waals surface area contributed by atoms with Gasteiger partial charge >= 0.3 is 6.03 Å². The van der Waals surface area contributed by atoms with Gasteiger partial charge in [0.05, 0.1) is 28.6 Å². The highest BCUT2D eigenvalue weighted by molar-refractivity contribution is 6.49. The number of urea groups is 1. The van der Waals surface area contributed by atoms with Crippen molar-refractivity contribution < 1.29 is 29.7 Å². The van der Waals surface area contributed by atoms with Crippen molar-refractivity contribution in [1.82, 2.24) is 29.1 Å². The normalized spacial score (nSPS) is 17.1. The minimum atomic E-state index is -0.528. The number of fused-ring (bicyclic) bond motifs is 1. The minimum absolute atomic E-state index is 0. The van der Waals surface area contributed by atoms with Crippen molar-refractivity contribution in [1.29, 1.82) is 0 Å². The molecule has 1 saturated heterocycles. The molecule has 0 saturated carbocycles. The van der Waals surface area contributed by atoms with Gasteiger partial charge in [-0.05, 0) is 49.1 Å². The number of likely N-dealkylation sites (tertiary alicyclic amines) is 1. The topological polar surface area (TPSA) is 155 Å². The number of benzene rings is 1. The maximum Gasteiger partial charge on any atom is 0.320 e. The Morgan fingerprint density at radius 2 is 1.70 bits per heavy atom. The number of pyridine rings is 1. The lowest BCUT2D eigenvalue weighted by Gasteiger charge is -2.32. The lowest BCUT2D eigenvalue weighted by Crippen LogP contribution is -2.45. The third-order valence-corrected chi connectivity index (χ3v) is 7.76. The first-order chi connectivity index (χ1) is 18.5. The van der Waals surface area contributed by atoms with Gasteiger partial charge in [0.1, 0.15) is 11.5 Å². The van der Waals surface area contributed by atoms with Gasteiger partial charge in [-0.2, -0.15) is 0 Å². The van der Waals surface area contributed by atoms with E-state index in [0.29, 0.717) is 40.9 Å². The lowest BCUT2D eigenvalue weighted by atomic mass is 9.98. The van der Waals surface area contributed by atoms with Crippen molar-refractivity contribution >= 4 is 45.5 Å². The van der Waals surface area contributed by atoms with Crippen molar-refractivity contribution in [2.75, 3.05) is 19.6 Å². The number of halogens is 1. The van der Waals surface area contributed by atoms with Crippen LogP contribution in [0.5, 0.6) is 0 Å². The number of imidazole rings is 1. The number of aromatic nitrogens is 3. The highest BCUT2D eigenvalue weighted by Gasteiger charge is 2.36. The summed E-state index contributed by atoms with van der Waals surface area (Å²) in [5.41, 5.74) is 3.47. The smallest absolute Gasteiger partial charge is 0.320 e. The number of piperidine rings is 1. The Balaban J connectivity index is 0.00000161. The molecule has 208 valence electrons. The van der Waals surface area contributed by atoms with Crippen LogP contribution in [0, 0.1) is 5.82 Å². The summed E-state index contributed by atoms with van der Waals surface area (Å²) in [7, 11) is 0. The lowest BCUT2D eigenvalue weighted by molar-refractivity contribution is -0.122. The van der Waals surface area contributed by atoms with E-state index in [0.717, 1.165) is 37.9 Å². The molecule has 0 bridgehead atoms. The number of hydrogen-bond acceptors (Lipinski definition) is 4. The van der Waals surface area contributed by atoms with Crippen LogP contribution in [-0.4, -0.2) is 72.2 Å². The van der Waals surface area contributed by atoms with E-state index in [1.807, 2.05) is 27.7 Å². The summed E-state index contributed by atoms with van der Waals surface area (Å²) in [4.78, 5) is 47.5. The van der Waals surface area contributed by atoms with Gasteiger partial charge in [-0.3, -0.25) is 19.3 Å². The molecule has 0 spiro atoms. The number of carbonyl (C=O) groups is 3. The van der Waals surface area contributed by atoms with Gasteiger partial charge in [0.2, 0.25) is 0 Å². The van der Waals surface area contributed by atoms with Gasteiger partial charge in [0.15, 0.2) is 0 Å². The number of imide groups is 1. The minimum Gasteiger partial charge on any atom is -0.412 e. The molecule has 3 aromatic heterocycles. The molecular formula is C28H29FN6O5.